The molecule has 3 aromatic rings. The molecule has 0 aliphatic carbocycles. The average Bonchev–Trinajstić information content (AvgIpc) is 2.82. The highest BCUT2D eigenvalue weighted by atomic mass is 79.9. The van der Waals surface area contributed by atoms with Crippen LogP contribution in [-0.2, 0) is 4.79 Å². The van der Waals surface area contributed by atoms with E-state index in [-0.39, 0.29) is 11.9 Å². The zero-order valence-corrected chi connectivity index (χ0v) is 19.3. The summed E-state index contributed by atoms with van der Waals surface area (Å²) in [5.41, 5.74) is 2.24. The van der Waals surface area contributed by atoms with Crippen LogP contribution in [0.5, 0.6) is 0 Å². The topological polar surface area (TPSA) is 39.7 Å². The molecule has 0 saturated carbocycles. The van der Waals surface area contributed by atoms with Crippen LogP contribution in [0.25, 0.3) is 0 Å². The molecule has 1 fully saturated rings. The lowest BCUT2D eigenvalue weighted by Gasteiger charge is -2.36. The minimum atomic E-state index is -0.0943. The lowest BCUT2D eigenvalue weighted by molar-refractivity contribution is -0.132. The van der Waals surface area contributed by atoms with Gasteiger partial charge in [-0.2, -0.15) is 0 Å². The number of hydrogen-bond acceptors (Lipinski definition) is 4. The molecule has 1 aliphatic rings. The second-order valence-corrected chi connectivity index (χ2v) is 8.74. The molecule has 1 aromatic heterocycles. The molecule has 0 unspecified atom stereocenters. The fourth-order valence-corrected chi connectivity index (χ4v) is 4.28. The number of aromatic nitrogens is 1. The van der Waals surface area contributed by atoms with E-state index in [0.29, 0.717) is 6.54 Å². The van der Waals surface area contributed by atoms with Gasteiger partial charge in [-0.1, -0.05) is 60.7 Å². The lowest BCUT2D eigenvalue weighted by atomic mass is 9.97. The number of anilines is 1. The number of halogens is 1. The largest absolute Gasteiger partial charge is 0.354 e. The normalized spacial score (nSPS) is 14.6. The Kier molecular flexibility index (Phi) is 6.99. The molecule has 160 valence electrons. The number of piperazine rings is 1. The summed E-state index contributed by atoms with van der Waals surface area (Å²) in [4.78, 5) is 24.1. The number of carbonyl (C=O) groups excluding carboxylic acids is 1. The first kappa shape index (κ1) is 21.5. The van der Waals surface area contributed by atoms with Crippen LogP contribution in [0, 0.1) is 0 Å². The van der Waals surface area contributed by atoms with Crippen molar-refractivity contribution < 1.29 is 4.79 Å². The van der Waals surface area contributed by atoms with Crippen LogP contribution in [0.4, 0.5) is 5.82 Å². The van der Waals surface area contributed by atoms with Gasteiger partial charge in [0.2, 0.25) is 5.91 Å². The van der Waals surface area contributed by atoms with Gasteiger partial charge < -0.3 is 9.80 Å². The smallest absolute Gasteiger partial charge is 0.237 e. The summed E-state index contributed by atoms with van der Waals surface area (Å²) < 4.78 is 0.981. The van der Waals surface area contributed by atoms with E-state index in [1.165, 1.54) is 0 Å². The molecule has 1 aliphatic heterocycles. The number of likely N-dealkylation sites (N-methyl/N-ethyl adjacent to an activating group) is 1. The Morgan fingerprint density at radius 2 is 1.52 bits per heavy atom. The summed E-state index contributed by atoms with van der Waals surface area (Å²) >= 11 is 3.43. The molecule has 4 rings (SSSR count). The highest BCUT2D eigenvalue weighted by molar-refractivity contribution is 9.10. The minimum Gasteiger partial charge on any atom is -0.354 e. The molecule has 1 saturated heterocycles. The van der Waals surface area contributed by atoms with E-state index in [9.17, 15) is 4.79 Å². The van der Waals surface area contributed by atoms with Crippen molar-refractivity contribution in [3.8, 4) is 0 Å². The maximum absolute atomic E-state index is 13.2. The summed E-state index contributed by atoms with van der Waals surface area (Å²) in [6.45, 7) is 3.85. The molecule has 0 bridgehead atoms. The highest BCUT2D eigenvalue weighted by Crippen LogP contribution is 2.27. The van der Waals surface area contributed by atoms with Crippen molar-refractivity contribution in [1.29, 1.82) is 0 Å². The van der Waals surface area contributed by atoms with Gasteiger partial charge in [0.05, 0.1) is 12.6 Å². The average molecular weight is 479 g/mol. The maximum atomic E-state index is 13.2. The monoisotopic (exact) mass is 478 g/mol. The Labute approximate surface area is 192 Å². The zero-order valence-electron chi connectivity index (χ0n) is 17.7. The Bertz CT molecular complexity index is 934. The number of carbonyl (C=O) groups is 1. The van der Waals surface area contributed by atoms with Crippen molar-refractivity contribution in [2.45, 2.75) is 6.04 Å². The van der Waals surface area contributed by atoms with Crippen LogP contribution in [-0.4, -0.2) is 60.5 Å². The van der Waals surface area contributed by atoms with Crippen LogP contribution in [0.15, 0.2) is 83.5 Å². The number of rotatable bonds is 6. The molecule has 1 amide bonds. The predicted molar refractivity (Wildman–Crippen MR) is 128 cm³/mol. The molecule has 2 heterocycles. The van der Waals surface area contributed by atoms with Gasteiger partial charge in [-0.25, -0.2) is 4.98 Å². The van der Waals surface area contributed by atoms with E-state index in [1.54, 1.807) is 0 Å². The molecule has 31 heavy (non-hydrogen) atoms. The van der Waals surface area contributed by atoms with Crippen molar-refractivity contribution in [2.24, 2.45) is 0 Å². The SMILES string of the molecule is CN(C(=O)CN1CCN(c2ccc(Br)cn2)CC1)C(c1ccccc1)c1ccccc1. The van der Waals surface area contributed by atoms with Crippen molar-refractivity contribution in [3.05, 3.63) is 94.6 Å². The minimum absolute atomic E-state index is 0.0943. The van der Waals surface area contributed by atoms with Crippen molar-refractivity contribution >= 4 is 27.7 Å². The molecule has 5 nitrogen and oxygen atoms in total. The van der Waals surface area contributed by atoms with Gasteiger partial charge in [-0.15, -0.1) is 0 Å². The highest BCUT2D eigenvalue weighted by Gasteiger charge is 2.26. The van der Waals surface area contributed by atoms with E-state index < -0.39 is 0 Å². The number of benzene rings is 2. The number of nitrogens with zero attached hydrogens (tertiary/aromatic N) is 4. The van der Waals surface area contributed by atoms with E-state index >= 15 is 0 Å². The van der Waals surface area contributed by atoms with Gasteiger partial charge in [-0.3, -0.25) is 9.69 Å². The molecule has 6 heteroatoms. The Morgan fingerprint density at radius 3 is 2.03 bits per heavy atom. The quantitative estimate of drug-likeness (QED) is 0.531. The third kappa shape index (κ3) is 5.32. The van der Waals surface area contributed by atoms with Gasteiger partial charge in [0.25, 0.3) is 0 Å². The van der Waals surface area contributed by atoms with Crippen LogP contribution in [0.2, 0.25) is 0 Å². The zero-order chi connectivity index (χ0) is 21.6. The molecule has 0 atom stereocenters. The summed E-state index contributed by atoms with van der Waals surface area (Å²) in [6, 6.07) is 24.4. The summed E-state index contributed by atoms with van der Waals surface area (Å²) in [6.07, 6.45) is 1.83. The maximum Gasteiger partial charge on any atom is 0.237 e. The Morgan fingerprint density at radius 1 is 0.935 bits per heavy atom. The second-order valence-electron chi connectivity index (χ2n) is 7.83. The third-order valence-corrected chi connectivity index (χ3v) is 6.25. The Balaban J connectivity index is 1.41. The first-order valence-electron chi connectivity index (χ1n) is 10.6. The third-order valence-electron chi connectivity index (χ3n) is 5.78. The Hall–Kier alpha value is -2.70. The van der Waals surface area contributed by atoms with Gasteiger partial charge in [0.15, 0.2) is 0 Å². The van der Waals surface area contributed by atoms with Crippen LogP contribution < -0.4 is 4.90 Å². The van der Waals surface area contributed by atoms with Crippen LogP contribution >= 0.6 is 15.9 Å². The number of pyridine rings is 1. The van der Waals surface area contributed by atoms with Crippen molar-refractivity contribution in [2.75, 3.05) is 44.7 Å². The molecule has 2 aromatic carbocycles. The van der Waals surface area contributed by atoms with Crippen LogP contribution in [0.3, 0.4) is 0 Å². The lowest BCUT2D eigenvalue weighted by Crippen LogP contribution is -2.50. The van der Waals surface area contributed by atoms with Crippen LogP contribution in [0.1, 0.15) is 17.2 Å². The molecular weight excluding hydrogens is 452 g/mol. The van der Waals surface area contributed by atoms with E-state index in [1.807, 2.05) is 66.7 Å². The number of hydrogen-bond donors (Lipinski definition) is 0. The number of amides is 1. The standard InChI is InChI=1S/C25H27BrN4O/c1-28(25(20-8-4-2-5-9-20)21-10-6-3-7-11-21)24(31)19-29-14-16-30(17-15-29)23-13-12-22(26)18-27-23/h2-13,18,25H,14-17,19H2,1H3. The van der Waals surface area contributed by atoms with Crippen molar-refractivity contribution in [3.63, 3.8) is 0 Å². The van der Waals surface area contributed by atoms with Gasteiger partial charge in [0, 0.05) is 43.9 Å². The second kappa shape index (κ2) is 10.1. The van der Waals surface area contributed by atoms with Crippen molar-refractivity contribution in [1.82, 2.24) is 14.8 Å². The fraction of sp³-hybridized carbons (Fsp3) is 0.280. The molecular formula is C25H27BrN4O. The first-order chi connectivity index (χ1) is 15.1. The molecule has 0 spiro atoms. The van der Waals surface area contributed by atoms with E-state index in [4.69, 9.17) is 0 Å². The molecule has 0 N–H and O–H groups in total. The van der Waals surface area contributed by atoms with E-state index in [0.717, 1.165) is 47.6 Å². The van der Waals surface area contributed by atoms with Gasteiger partial charge in [-0.05, 0) is 39.2 Å². The first-order valence-corrected chi connectivity index (χ1v) is 11.4. The summed E-state index contributed by atoms with van der Waals surface area (Å²) in [5.74, 6) is 1.12. The predicted octanol–water partition coefficient (Wildman–Crippen LogP) is 4.21. The summed E-state index contributed by atoms with van der Waals surface area (Å²) in [5, 5.41) is 0. The van der Waals surface area contributed by atoms with E-state index in [2.05, 4.69) is 55.0 Å². The molecule has 0 radical (unpaired) electrons. The summed E-state index contributed by atoms with van der Waals surface area (Å²) in [7, 11) is 1.91. The van der Waals surface area contributed by atoms with Gasteiger partial charge in [0.1, 0.15) is 5.82 Å². The fourth-order valence-electron chi connectivity index (χ4n) is 4.05. The van der Waals surface area contributed by atoms with Gasteiger partial charge >= 0.3 is 0 Å².